The van der Waals surface area contributed by atoms with Gasteiger partial charge in [-0.3, -0.25) is 10.1 Å². The van der Waals surface area contributed by atoms with Gasteiger partial charge in [0.25, 0.3) is 5.69 Å². The van der Waals surface area contributed by atoms with Gasteiger partial charge in [0, 0.05) is 13.1 Å². The molecule has 2 aromatic rings. The SMILES string of the molecule is Cn1c(CN)nc2cc([N+](=O)[O-])cnc21. The van der Waals surface area contributed by atoms with E-state index in [-0.39, 0.29) is 12.2 Å². The summed E-state index contributed by atoms with van der Waals surface area (Å²) in [7, 11) is 1.77. The Balaban J connectivity index is 2.68. The van der Waals surface area contributed by atoms with Crippen LogP contribution in [-0.2, 0) is 13.6 Å². The molecule has 7 nitrogen and oxygen atoms in total. The minimum absolute atomic E-state index is 0.0656. The van der Waals surface area contributed by atoms with Crippen molar-refractivity contribution < 1.29 is 4.92 Å². The van der Waals surface area contributed by atoms with Crippen LogP contribution >= 0.6 is 0 Å². The van der Waals surface area contributed by atoms with Gasteiger partial charge in [-0.1, -0.05) is 0 Å². The number of nitrogens with two attached hydrogens (primary N) is 1. The highest BCUT2D eigenvalue weighted by Gasteiger charge is 2.12. The van der Waals surface area contributed by atoms with Gasteiger partial charge in [-0.2, -0.15) is 0 Å². The number of rotatable bonds is 2. The molecular formula is C8H9N5O2. The minimum Gasteiger partial charge on any atom is -0.324 e. The summed E-state index contributed by atoms with van der Waals surface area (Å²) in [5.41, 5.74) is 6.49. The van der Waals surface area contributed by atoms with E-state index in [0.29, 0.717) is 17.0 Å². The number of aryl methyl sites for hydroxylation is 1. The Morgan fingerprint density at radius 3 is 3.00 bits per heavy atom. The number of fused-ring (bicyclic) bond motifs is 1. The van der Waals surface area contributed by atoms with Gasteiger partial charge in [0.2, 0.25) is 0 Å². The molecule has 0 unspecified atom stereocenters. The number of imidazole rings is 1. The summed E-state index contributed by atoms with van der Waals surface area (Å²) >= 11 is 0. The van der Waals surface area contributed by atoms with Gasteiger partial charge in [0.05, 0.1) is 11.5 Å². The maximum Gasteiger partial charge on any atom is 0.289 e. The lowest BCUT2D eigenvalue weighted by molar-refractivity contribution is -0.385. The number of aromatic nitrogens is 3. The quantitative estimate of drug-likeness (QED) is 0.565. The number of hydrogen-bond donors (Lipinski definition) is 1. The Morgan fingerprint density at radius 2 is 2.40 bits per heavy atom. The maximum atomic E-state index is 10.5. The van der Waals surface area contributed by atoms with E-state index in [0.717, 1.165) is 0 Å². The summed E-state index contributed by atoms with van der Waals surface area (Å²) in [6, 6.07) is 1.39. The van der Waals surface area contributed by atoms with Crippen molar-refractivity contribution in [1.29, 1.82) is 0 Å². The number of hydrogen-bond acceptors (Lipinski definition) is 5. The fourth-order valence-electron chi connectivity index (χ4n) is 1.39. The van der Waals surface area contributed by atoms with Crippen LogP contribution < -0.4 is 5.73 Å². The number of nitrogens with zero attached hydrogens (tertiary/aromatic N) is 4. The van der Waals surface area contributed by atoms with Crippen molar-refractivity contribution in [2.24, 2.45) is 12.8 Å². The first-order valence-corrected chi connectivity index (χ1v) is 4.29. The van der Waals surface area contributed by atoms with Crippen LogP contribution in [0.1, 0.15) is 5.82 Å². The first-order valence-electron chi connectivity index (χ1n) is 4.29. The Hall–Kier alpha value is -2.02. The molecule has 0 spiro atoms. The summed E-state index contributed by atoms with van der Waals surface area (Å²) in [6.45, 7) is 0.278. The van der Waals surface area contributed by atoms with E-state index in [1.54, 1.807) is 11.6 Å². The third-order valence-electron chi connectivity index (χ3n) is 2.18. The molecular weight excluding hydrogens is 198 g/mol. The molecule has 0 saturated heterocycles. The van der Waals surface area contributed by atoms with Crippen molar-refractivity contribution >= 4 is 16.9 Å². The first kappa shape index (κ1) is 9.53. The molecule has 2 aromatic heterocycles. The highest BCUT2D eigenvalue weighted by Crippen LogP contribution is 2.17. The molecule has 0 fully saturated rings. The zero-order chi connectivity index (χ0) is 11.0. The smallest absolute Gasteiger partial charge is 0.289 e. The van der Waals surface area contributed by atoms with Gasteiger partial charge in [-0.25, -0.2) is 9.97 Å². The largest absolute Gasteiger partial charge is 0.324 e. The third kappa shape index (κ3) is 1.42. The fraction of sp³-hybridized carbons (Fsp3) is 0.250. The molecule has 2 rings (SSSR count). The van der Waals surface area contributed by atoms with E-state index in [2.05, 4.69) is 9.97 Å². The molecule has 0 aromatic carbocycles. The lowest BCUT2D eigenvalue weighted by atomic mass is 10.4. The predicted octanol–water partition coefficient (Wildman–Crippen LogP) is 0.335. The van der Waals surface area contributed by atoms with Crippen molar-refractivity contribution in [3.05, 3.63) is 28.2 Å². The Bertz CT molecular complexity index is 533. The van der Waals surface area contributed by atoms with Crippen LogP contribution in [0.15, 0.2) is 12.3 Å². The molecule has 2 heterocycles. The monoisotopic (exact) mass is 207 g/mol. The predicted molar refractivity (Wildman–Crippen MR) is 53.1 cm³/mol. The Kier molecular flexibility index (Phi) is 2.09. The van der Waals surface area contributed by atoms with E-state index in [4.69, 9.17) is 5.73 Å². The molecule has 0 aliphatic rings. The van der Waals surface area contributed by atoms with Gasteiger partial charge in [-0.15, -0.1) is 0 Å². The Morgan fingerprint density at radius 1 is 1.67 bits per heavy atom. The molecule has 0 saturated carbocycles. The molecule has 0 aliphatic heterocycles. The van der Waals surface area contributed by atoms with Gasteiger partial charge in [0.15, 0.2) is 5.65 Å². The van der Waals surface area contributed by atoms with Crippen LogP contribution in [-0.4, -0.2) is 19.5 Å². The van der Waals surface area contributed by atoms with Crippen molar-refractivity contribution in [2.45, 2.75) is 6.54 Å². The highest BCUT2D eigenvalue weighted by atomic mass is 16.6. The van der Waals surface area contributed by atoms with Gasteiger partial charge in [-0.05, 0) is 0 Å². The van der Waals surface area contributed by atoms with Gasteiger partial charge in [0.1, 0.15) is 17.5 Å². The standard InChI is InChI=1S/C8H9N5O2/c1-12-7(3-9)11-6-2-5(13(14)15)4-10-8(6)12/h2,4H,3,9H2,1H3. The first-order chi connectivity index (χ1) is 7.13. The van der Waals surface area contributed by atoms with Crippen LogP contribution in [0, 0.1) is 10.1 Å². The lowest BCUT2D eigenvalue weighted by Crippen LogP contribution is -2.04. The van der Waals surface area contributed by atoms with Gasteiger partial charge >= 0.3 is 0 Å². The van der Waals surface area contributed by atoms with E-state index in [1.165, 1.54) is 12.3 Å². The second kappa shape index (κ2) is 3.28. The average Bonchev–Trinajstić information content (AvgIpc) is 2.55. The summed E-state index contributed by atoms with van der Waals surface area (Å²) in [6.07, 6.45) is 1.21. The van der Waals surface area contributed by atoms with Crippen molar-refractivity contribution in [3.8, 4) is 0 Å². The van der Waals surface area contributed by atoms with Crippen LogP contribution in [0.2, 0.25) is 0 Å². The summed E-state index contributed by atoms with van der Waals surface area (Å²) < 4.78 is 1.72. The van der Waals surface area contributed by atoms with E-state index < -0.39 is 4.92 Å². The van der Waals surface area contributed by atoms with E-state index >= 15 is 0 Å². The second-order valence-corrected chi connectivity index (χ2v) is 3.08. The average molecular weight is 207 g/mol. The molecule has 2 N–H and O–H groups in total. The zero-order valence-electron chi connectivity index (χ0n) is 8.04. The molecule has 0 radical (unpaired) electrons. The van der Waals surface area contributed by atoms with E-state index in [1.807, 2.05) is 0 Å². The van der Waals surface area contributed by atoms with Crippen molar-refractivity contribution in [3.63, 3.8) is 0 Å². The number of pyridine rings is 1. The highest BCUT2D eigenvalue weighted by molar-refractivity contribution is 5.73. The normalized spacial score (nSPS) is 10.8. The van der Waals surface area contributed by atoms with Crippen LogP contribution in [0.25, 0.3) is 11.2 Å². The summed E-state index contributed by atoms with van der Waals surface area (Å²) in [5.74, 6) is 0.651. The summed E-state index contributed by atoms with van der Waals surface area (Å²) in [5, 5.41) is 10.5. The molecule has 0 amide bonds. The van der Waals surface area contributed by atoms with Crippen molar-refractivity contribution in [1.82, 2.24) is 14.5 Å². The Labute approximate surface area is 84.7 Å². The fourth-order valence-corrected chi connectivity index (χ4v) is 1.39. The zero-order valence-corrected chi connectivity index (χ0v) is 8.04. The molecule has 0 bridgehead atoms. The third-order valence-corrected chi connectivity index (χ3v) is 2.18. The minimum atomic E-state index is -0.497. The molecule has 78 valence electrons. The molecule has 7 heteroatoms. The molecule has 0 atom stereocenters. The van der Waals surface area contributed by atoms with Crippen LogP contribution in [0.4, 0.5) is 5.69 Å². The number of nitro groups is 1. The lowest BCUT2D eigenvalue weighted by Gasteiger charge is -1.96. The second-order valence-electron chi connectivity index (χ2n) is 3.08. The topological polar surface area (TPSA) is 99.9 Å². The van der Waals surface area contributed by atoms with Crippen LogP contribution in [0.3, 0.4) is 0 Å². The van der Waals surface area contributed by atoms with Gasteiger partial charge < -0.3 is 10.3 Å². The summed E-state index contributed by atoms with van der Waals surface area (Å²) in [4.78, 5) is 18.1. The van der Waals surface area contributed by atoms with Crippen molar-refractivity contribution in [2.75, 3.05) is 0 Å². The molecule has 15 heavy (non-hydrogen) atoms. The van der Waals surface area contributed by atoms with E-state index in [9.17, 15) is 10.1 Å². The van der Waals surface area contributed by atoms with Crippen LogP contribution in [0.5, 0.6) is 0 Å². The molecule has 0 aliphatic carbocycles. The maximum absolute atomic E-state index is 10.5.